The highest BCUT2D eigenvalue weighted by molar-refractivity contribution is 7.89. The maximum absolute atomic E-state index is 12.1. The van der Waals surface area contributed by atoms with E-state index in [4.69, 9.17) is 4.74 Å². The van der Waals surface area contributed by atoms with Crippen molar-refractivity contribution in [1.82, 2.24) is 4.31 Å². The lowest BCUT2D eigenvalue weighted by molar-refractivity contribution is -0.153. The number of sulfonamides is 1. The molecule has 108 valence electrons. The van der Waals surface area contributed by atoms with E-state index in [9.17, 15) is 18.0 Å². The molecular formula is C11H17NO6S. The number of nitrogens with zero attached hydrogens (tertiary/aromatic N) is 1. The van der Waals surface area contributed by atoms with Crippen LogP contribution in [-0.2, 0) is 29.1 Å². The molecule has 2 aliphatic rings. The third-order valence-electron chi connectivity index (χ3n) is 3.53. The van der Waals surface area contributed by atoms with Gasteiger partial charge < -0.3 is 9.47 Å². The molecule has 0 spiro atoms. The predicted octanol–water partition coefficient (Wildman–Crippen LogP) is -0.626. The van der Waals surface area contributed by atoms with Gasteiger partial charge in [0.15, 0.2) is 0 Å². The van der Waals surface area contributed by atoms with Crippen LogP contribution in [0.5, 0.6) is 0 Å². The van der Waals surface area contributed by atoms with E-state index >= 15 is 0 Å². The molecule has 19 heavy (non-hydrogen) atoms. The number of cyclic esters (lactones) is 2. The Labute approximate surface area is 111 Å². The van der Waals surface area contributed by atoms with Crippen LogP contribution in [0.4, 0.5) is 0 Å². The number of esters is 2. The molecular weight excluding hydrogens is 274 g/mol. The lowest BCUT2D eigenvalue weighted by atomic mass is 9.89. The van der Waals surface area contributed by atoms with Crippen molar-refractivity contribution >= 4 is 22.0 Å². The Morgan fingerprint density at radius 2 is 2.00 bits per heavy atom. The first kappa shape index (κ1) is 14.4. The Kier molecular flexibility index (Phi) is 4.22. The molecule has 2 rings (SSSR count). The largest absolute Gasteiger partial charge is 0.393 e. The Morgan fingerprint density at radius 3 is 2.68 bits per heavy atom. The summed E-state index contributed by atoms with van der Waals surface area (Å²) in [4.78, 5) is 22.8. The highest BCUT2D eigenvalue weighted by atomic mass is 32.2. The van der Waals surface area contributed by atoms with Gasteiger partial charge >= 0.3 is 11.9 Å². The summed E-state index contributed by atoms with van der Waals surface area (Å²) in [7, 11) is -1.89. The monoisotopic (exact) mass is 291 g/mol. The number of carbonyl (C=O) groups excluding carboxylic acids is 2. The van der Waals surface area contributed by atoms with Gasteiger partial charge in [0, 0.05) is 26.8 Å². The average molecular weight is 291 g/mol. The molecule has 2 heterocycles. The second-order valence-electron chi connectivity index (χ2n) is 4.76. The summed E-state index contributed by atoms with van der Waals surface area (Å²) < 4.78 is 34.8. The van der Waals surface area contributed by atoms with Crippen LogP contribution < -0.4 is 0 Å². The minimum atomic E-state index is -3.40. The van der Waals surface area contributed by atoms with Gasteiger partial charge in [-0.25, -0.2) is 12.7 Å². The first-order valence-electron chi connectivity index (χ1n) is 6.18. The van der Waals surface area contributed by atoms with Crippen LogP contribution in [0.3, 0.4) is 0 Å². The third kappa shape index (κ3) is 2.96. The molecule has 0 N–H and O–H groups in total. The van der Waals surface area contributed by atoms with Crippen molar-refractivity contribution in [3.05, 3.63) is 0 Å². The highest BCUT2D eigenvalue weighted by Crippen LogP contribution is 2.32. The molecule has 0 bridgehead atoms. The van der Waals surface area contributed by atoms with Gasteiger partial charge in [-0.05, 0) is 12.8 Å². The second-order valence-corrected chi connectivity index (χ2v) is 6.85. The van der Waals surface area contributed by atoms with Crippen molar-refractivity contribution < 1.29 is 27.5 Å². The summed E-state index contributed by atoms with van der Waals surface area (Å²) in [5.41, 5.74) is 0. The first-order valence-corrected chi connectivity index (χ1v) is 7.79. The number of piperidine rings is 1. The second kappa shape index (κ2) is 5.56. The van der Waals surface area contributed by atoms with E-state index in [1.54, 1.807) is 0 Å². The SMILES string of the molecule is COCCCS(=O)(=O)N1CCC2C(=O)OC(=O)C2C1. The van der Waals surface area contributed by atoms with Crippen molar-refractivity contribution in [2.24, 2.45) is 11.8 Å². The quantitative estimate of drug-likeness (QED) is 0.381. The lowest BCUT2D eigenvalue weighted by Crippen LogP contribution is -2.45. The average Bonchev–Trinajstić information content (AvgIpc) is 2.65. The van der Waals surface area contributed by atoms with Gasteiger partial charge in [-0.3, -0.25) is 9.59 Å². The van der Waals surface area contributed by atoms with E-state index in [0.717, 1.165) is 0 Å². The van der Waals surface area contributed by atoms with Crippen LogP contribution in [0.25, 0.3) is 0 Å². The Morgan fingerprint density at radius 1 is 1.32 bits per heavy atom. The predicted molar refractivity (Wildman–Crippen MR) is 64.5 cm³/mol. The highest BCUT2D eigenvalue weighted by Gasteiger charge is 2.49. The number of ether oxygens (including phenoxy) is 2. The van der Waals surface area contributed by atoms with Gasteiger partial charge in [0.1, 0.15) is 0 Å². The van der Waals surface area contributed by atoms with E-state index in [2.05, 4.69) is 4.74 Å². The van der Waals surface area contributed by atoms with E-state index in [-0.39, 0.29) is 18.8 Å². The number of fused-ring (bicyclic) bond motifs is 1. The van der Waals surface area contributed by atoms with E-state index < -0.39 is 33.8 Å². The van der Waals surface area contributed by atoms with Gasteiger partial charge in [0.2, 0.25) is 10.0 Å². The van der Waals surface area contributed by atoms with Crippen molar-refractivity contribution in [3.8, 4) is 0 Å². The molecule has 0 aromatic heterocycles. The molecule has 0 aromatic carbocycles. The topological polar surface area (TPSA) is 90.0 Å². The number of hydrogen-bond acceptors (Lipinski definition) is 6. The maximum Gasteiger partial charge on any atom is 0.318 e. The Hall–Kier alpha value is -0.990. The molecule has 8 heteroatoms. The zero-order chi connectivity index (χ0) is 14.0. The molecule has 0 saturated carbocycles. The van der Waals surface area contributed by atoms with Crippen LogP contribution in [0.2, 0.25) is 0 Å². The fraction of sp³-hybridized carbons (Fsp3) is 0.818. The fourth-order valence-electron chi connectivity index (χ4n) is 2.46. The molecule has 2 atom stereocenters. The van der Waals surface area contributed by atoms with Gasteiger partial charge in [-0.2, -0.15) is 0 Å². The van der Waals surface area contributed by atoms with Crippen molar-refractivity contribution in [2.45, 2.75) is 12.8 Å². The zero-order valence-electron chi connectivity index (χ0n) is 10.7. The standard InChI is InChI=1S/C11H17NO6S/c1-17-5-2-6-19(15,16)12-4-3-8-9(7-12)11(14)18-10(8)13/h8-9H,2-7H2,1H3. The molecule has 0 aliphatic carbocycles. The Bertz CT molecular complexity index is 474. The number of methoxy groups -OCH3 is 1. The molecule has 2 fully saturated rings. The third-order valence-corrected chi connectivity index (χ3v) is 5.45. The Balaban J connectivity index is 2.00. The zero-order valence-corrected chi connectivity index (χ0v) is 11.5. The number of hydrogen-bond donors (Lipinski definition) is 0. The first-order chi connectivity index (χ1) is 8.95. The minimum absolute atomic E-state index is 0.0127. The molecule has 2 saturated heterocycles. The molecule has 0 aromatic rings. The number of carbonyl (C=O) groups is 2. The summed E-state index contributed by atoms with van der Waals surface area (Å²) in [6.07, 6.45) is 0.756. The molecule has 2 aliphatic heterocycles. The smallest absolute Gasteiger partial charge is 0.318 e. The number of rotatable bonds is 5. The van der Waals surface area contributed by atoms with Crippen LogP contribution in [0, 0.1) is 11.8 Å². The van der Waals surface area contributed by atoms with Crippen molar-refractivity contribution in [3.63, 3.8) is 0 Å². The summed E-state index contributed by atoms with van der Waals surface area (Å²) >= 11 is 0. The summed E-state index contributed by atoms with van der Waals surface area (Å²) in [6, 6.07) is 0. The van der Waals surface area contributed by atoms with Crippen molar-refractivity contribution in [1.29, 1.82) is 0 Å². The van der Waals surface area contributed by atoms with Crippen LogP contribution in [-0.4, -0.2) is 57.2 Å². The summed E-state index contributed by atoms with van der Waals surface area (Å²) in [6.45, 7) is 0.684. The van der Waals surface area contributed by atoms with Crippen molar-refractivity contribution in [2.75, 3.05) is 32.6 Å². The summed E-state index contributed by atoms with van der Waals surface area (Å²) in [5.74, 6) is -2.25. The van der Waals surface area contributed by atoms with Crippen LogP contribution in [0.15, 0.2) is 0 Å². The lowest BCUT2D eigenvalue weighted by Gasteiger charge is -2.30. The van der Waals surface area contributed by atoms with Gasteiger partial charge in [-0.15, -0.1) is 0 Å². The molecule has 0 amide bonds. The van der Waals surface area contributed by atoms with Gasteiger partial charge in [-0.1, -0.05) is 0 Å². The molecule has 2 unspecified atom stereocenters. The molecule has 0 radical (unpaired) electrons. The van der Waals surface area contributed by atoms with E-state index in [0.29, 0.717) is 19.4 Å². The minimum Gasteiger partial charge on any atom is -0.393 e. The van der Waals surface area contributed by atoms with Crippen LogP contribution in [0.1, 0.15) is 12.8 Å². The van der Waals surface area contributed by atoms with E-state index in [1.807, 2.05) is 0 Å². The maximum atomic E-state index is 12.1. The van der Waals surface area contributed by atoms with Crippen LogP contribution >= 0.6 is 0 Å². The molecule has 7 nitrogen and oxygen atoms in total. The fourth-order valence-corrected chi connectivity index (χ4v) is 3.97. The summed E-state index contributed by atoms with van der Waals surface area (Å²) in [5, 5.41) is 0. The normalized spacial score (nSPS) is 28.3. The van der Waals surface area contributed by atoms with Gasteiger partial charge in [0.05, 0.1) is 17.6 Å². The van der Waals surface area contributed by atoms with E-state index in [1.165, 1.54) is 11.4 Å². The van der Waals surface area contributed by atoms with Gasteiger partial charge in [0.25, 0.3) is 0 Å².